The average Bonchev–Trinajstić information content (AvgIpc) is 2.40. The van der Waals surface area contributed by atoms with E-state index in [1.165, 1.54) is 0 Å². The first-order valence-electron chi connectivity index (χ1n) is 9.14. The number of hydrogen-bond acceptors (Lipinski definition) is 3. The topological polar surface area (TPSA) is 25.8 Å². The Morgan fingerprint density at radius 3 is 1.75 bits per heavy atom. The van der Waals surface area contributed by atoms with E-state index in [4.69, 9.17) is 21.6 Å². The van der Waals surface area contributed by atoms with Crippen LogP contribution in [0.3, 0.4) is 0 Å². The third-order valence-corrected chi connectivity index (χ3v) is 5.39. The maximum atomic E-state index is 13.3. The van der Waals surface area contributed by atoms with Gasteiger partial charge in [-0.15, -0.1) is 0 Å². The zero-order valence-electron chi connectivity index (χ0n) is 17.9. The van der Waals surface area contributed by atoms with Crippen molar-refractivity contribution in [2.45, 2.75) is 89.0 Å². The lowest BCUT2D eigenvalue weighted by atomic mass is 9.83. The van der Waals surface area contributed by atoms with E-state index in [0.717, 1.165) is 0 Å². The molecule has 0 spiro atoms. The van der Waals surface area contributed by atoms with Crippen LogP contribution in [0, 0.1) is 0 Å². The number of fused-ring (bicyclic) bond motifs is 1. The summed E-state index contributed by atoms with van der Waals surface area (Å²) in [4.78, 5) is 9.56. The fraction of sp³-hybridized carbons (Fsp3) is 0.619. The zero-order valence-corrected chi connectivity index (χ0v) is 19.5. The van der Waals surface area contributed by atoms with Gasteiger partial charge in [-0.05, 0) is 28.8 Å². The van der Waals surface area contributed by atoms with Crippen molar-refractivity contribution in [1.82, 2.24) is 9.97 Å². The van der Waals surface area contributed by atoms with Gasteiger partial charge in [0.2, 0.25) is 0 Å². The fourth-order valence-electron chi connectivity index (χ4n) is 3.01. The van der Waals surface area contributed by atoms with Gasteiger partial charge in [0.05, 0.1) is 16.2 Å². The molecule has 0 N–H and O–H groups in total. The van der Waals surface area contributed by atoms with Gasteiger partial charge in [-0.3, -0.25) is 0 Å². The largest absolute Gasteiger partial charge is 0.446 e. The molecular formula is C21H28ClF3N2S. The van der Waals surface area contributed by atoms with Crippen LogP contribution in [0.5, 0.6) is 0 Å². The minimum Gasteiger partial charge on any atom is -0.236 e. The summed E-state index contributed by atoms with van der Waals surface area (Å²) in [6, 6.07) is 1.56. The van der Waals surface area contributed by atoms with Gasteiger partial charge in [0.1, 0.15) is 5.82 Å². The van der Waals surface area contributed by atoms with E-state index >= 15 is 0 Å². The third-order valence-electron chi connectivity index (χ3n) is 4.25. The second-order valence-electron chi connectivity index (χ2n) is 10.2. The predicted octanol–water partition coefficient (Wildman–Crippen LogP) is 7.79. The van der Waals surface area contributed by atoms with Gasteiger partial charge < -0.3 is 0 Å². The Morgan fingerprint density at radius 1 is 0.821 bits per heavy atom. The molecule has 2 aromatic rings. The van der Waals surface area contributed by atoms with Crippen LogP contribution in [0.4, 0.5) is 13.2 Å². The van der Waals surface area contributed by atoms with Crippen LogP contribution in [-0.2, 0) is 16.2 Å². The van der Waals surface area contributed by atoms with Gasteiger partial charge in [0, 0.05) is 21.1 Å². The smallest absolute Gasteiger partial charge is 0.236 e. The van der Waals surface area contributed by atoms with Gasteiger partial charge in [0.25, 0.3) is 0 Å². The van der Waals surface area contributed by atoms with Crippen LogP contribution < -0.4 is 0 Å². The SMILES string of the molecule is CC(C)(C)c1nc(C(C)(C)C)c2cc(SC(F)(F)F)c(C(C)(C)C)c(Cl)c2n1. The Labute approximate surface area is 174 Å². The fourth-order valence-corrected chi connectivity index (χ4v) is 4.54. The summed E-state index contributed by atoms with van der Waals surface area (Å²) >= 11 is 6.61. The molecule has 28 heavy (non-hydrogen) atoms. The Kier molecular flexibility index (Phi) is 5.86. The van der Waals surface area contributed by atoms with Gasteiger partial charge in [-0.1, -0.05) is 73.9 Å². The Balaban J connectivity index is 3.05. The molecule has 0 atom stereocenters. The summed E-state index contributed by atoms with van der Waals surface area (Å²) in [5.41, 5.74) is -4.01. The number of hydrogen-bond donors (Lipinski definition) is 0. The summed E-state index contributed by atoms with van der Waals surface area (Å²) in [6.45, 7) is 17.6. The van der Waals surface area contributed by atoms with Crippen molar-refractivity contribution in [3.05, 3.63) is 28.2 Å². The van der Waals surface area contributed by atoms with Crippen molar-refractivity contribution in [3.8, 4) is 0 Å². The lowest BCUT2D eigenvalue weighted by Crippen LogP contribution is -2.23. The van der Waals surface area contributed by atoms with Crippen molar-refractivity contribution in [2.24, 2.45) is 0 Å². The molecule has 0 amide bonds. The van der Waals surface area contributed by atoms with Crippen LogP contribution in [-0.4, -0.2) is 15.5 Å². The summed E-state index contributed by atoms with van der Waals surface area (Å²) in [6.07, 6.45) is 0. The molecule has 0 saturated carbocycles. The Bertz CT molecular complexity index is 902. The minimum atomic E-state index is -4.41. The zero-order chi connectivity index (χ0) is 21.9. The van der Waals surface area contributed by atoms with Gasteiger partial charge >= 0.3 is 5.51 Å². The van der Waals surface area contributed by atoms with Crippen molar-refractivity contribution in [2.75, 3.05) is 0 Å². The van der Waals surface area contributed by atoms with E-state index in [1.54, 1.807) is 6.07 Å². The predicted molar refractivity (Wildman–Crippen MR) is 113 cm³/mol. The van der Waals surface area contributed by atoms with E-state index < -0.39 is 10.9 Å². The second-order valence-corrected chi connectivity index (χ2v) is 11.6. The third kappa shape index (κ3) is 4.93. The molecule has 2 nitrogen and oxygen atoms in total. The lowest BCUT2D eigenvalue weighted by Gasteiger charge is -2.29. The maximum Gasteiger partial charge on any atom is 0.446 e. The molecule has 1 aromatic carbocycles. The molecule has 0 aliphatic carbocycles. The highest BCUT2D eigenvalue weighted by molar-refractivity contribution is 8.00. The second kappa shape index (κ2) is 7.05. The summed E-state index contributed by atoms with van der Waals surface area (Å²) in [5, 5.41) is 0.848. The molecule has 0 aliphatic heterocycles. The number of aromatic nitrogens is 2. The molecular weight excluding hydrogens is 405 g/mol. The van der Waals surface area contributed by atoms with Crippen molar-refractivity contribution < 1.29 is 13.2 Å². The first-order chi connectivity index (χ1) is 12.3. The number of alkyl halides is 3. The van der Waals surface area contributed by atoms with E-state index in [-0.39, 0.29) is 32.5 Å². The normalized spacial score (nSPS) is 14.0. The molecule has 0 radical (unpaired) electrons. The highest BCUT2D eigenvalue weighted by Crippen LogP contribution is 2.48. The number of halogens is 4. The van der Waals surface area contributed by atoms with Crippen molar-refractivity contribution >= 4 is 34.3 Å². The molecule has 0 bridgehead atoms. The summed E-state index contributed by atoms with van der Waals surface area (Å²) < 4.78 is 39.9. The van der Waals surface area contributed by atoms with Gasteiger partial charge in [-0.25, -0.2) is 9.97 Å². The van der Waals surface area contributed by atoms with Crippen LogP contribution in [0.25, 0.3) is 10.9 Å². The van der Waals surface area contributed by atoms with Crippen LogP contribution in [0.2, 0.25) is 5.02 Å². The van der Waals surface area contributed by atoms with E-state index in [1.807, 2.05) is 62.3 Å². The maximum absolute atomic E-state index is 13.3. The first kappa shape index (κ1) is 23.3. The van der Waals surface area contributed by atoms with Crippen LogP contribution in [0.15, 0.2) is 11.0 Å². The van der Waals surface area contributed by atoms with E-state index in [2.05, 4.69) is 0 Å². The van der Waals surface area contributed by atoms with Crippen LogP contribution >= 0.6 is 23.4 Å². The molecule has 1 aromatic heterocycles. The molecule has 0 fully saturated rings. The average molecular weight is 433 g/mol. The van der Waals surface area contributed by atoms with Crippen LogP contribution in [0.1, 0.15) is 79.4 Å². The van der Waals surface area contributed by atoms with Gasteiger partial charge in [-0.2, -0.15) is 13.2 Å². The van der Waals surface area contributed by atoms with Gasteiger partial charge in [0.15, 0.2) is 0 Å². The molecule has 2 rings (SSSR count). The molecule has 1 heterocycles. The highest BCUT2D eigenvalue weighted by Gasteiger charge is 2.35. The molecule has 0 unspecified atom stereocenters. The van der Waals surface area contributed by atoms with Crippen molar-refractivity contribution in [1.29, 1.82) is 0 Å². The summed E-state index contributed by atoms with van der Waals surface area (Å²) in [7, 11) is 0. The molecule has 7 heteroatoms. The Morgan fingerprint density at radius 2 is 1.36 bits per heavy atom. The minimum absolute atomic E-state index is 0.107. The number of benzene rings is 1. The molecule has 156 valence electrons. The quantitative estimate of drug-likeness (QED) is 0.430. The number of thioether (sulfide) groups is 1. The Hall–Kier alpha value is -1.01. The standard InChI is InChI=1S/C21H28ClF3N2S/c1-18(2,3)13-12(28-21(23,24)25)10-11-15(14(13)22)26-17(20(7,8)9)27-16(11)19(4,5)6/h10H,1-9H3. The first-order valence-corrected chi connectivity index (χ1v) is 10.3. The highest BCUT2D eigenvalue weighted by atomic mass is 35.5. The van der Waals surface area contributed by atoms with E-state index in [9.17, 15) is 13.2 Å². The number of rotatable bonds is 1. The molecule has 0 saturated heterocycles. The van der Waals surface area contributed by atoms with E-state index in [0.29, 0.717) is 28.0 Å². The van der Waals surface area contributed by atoms with Crippen molar-refractivity contribution in [3.63, 3.8) is 0 Å². The summed E-state index contributed by atoms with van der Waals surface area (Å²) in [5.74, 6) is 0.628. The molecule has 0 aliphatic rings. The lowest BCUT2D eigenvalue weighted by molar-refractivity contribution is -0.0328. The number of nitrogens with zero attached hydrogens (tertiary/aromatic N) is 2. The monoisotopic (exact) mass is 432 g/mol.